The van der Waals surface area contributed by atoms with Gasteiger partial charge in [-0.2, -0.15) is 0 Å². The molecule has 1 aliphatic heterocycles. The molecule has 5 nitrogen and oxygen atoms in total. The van der Waals surface area contributed by atoms with E-state index < -0.39 is 16.9 Å². The van der Waals surface area contributed by atoms with E-state index in [9.17, 15) is 9.59 Å². The van der Waals surface area contributed by atoms with Crippen molar-refractivity contribution in [2.45, 2.75) is 17.8 Å². The van der Waals surface area contributed by atoms with Crippen LogP contribution in [0.15, 0.2) is 77.4 Å². The maximum absolute atomic E-state index is 13.2. The summed E-state index contributed by atoms with van der Waals surface area (Å²) in [5.74, 6) is -0.0545. The summed E-state index contributed by atoms with van der Waals surface area (Å²) in [6.07, 6.45) is 1.56. The van der Waals surface area contributed by atoms with E-state index in [0.717, 1.165) is 0 Å². The standard InChI is InChI=1S/C22H18ClNO4/c1-2-27-20(25)15-10-12-17(13-11-15)24-19(18-9-6-14-28-18)22(23,21(24)26)16-7-4-3-5-8-16/h3-14,19H,2H2,1H3/t19-,22+/m0/s1. The maximum Gasteiger partial charge on any atom is 0.338 e. The summed E-state index contributed by atoms with van der Waals surface area (Å²) < 4.78 is 10.6. The lowest BCUT2D eigenvalue weighted by Gasteiger charge is -2.51. The molecular weight excluding hydrogens is 378 g/mol. The average Bonchev–Trinajstić information content (AvgIpc) is 3.25. The van der Waals surface area contributed by atoms with Crippen molar-refractivity contribution < 1.29 is 18.7 Å². The Morgan fingerprint density at radius 2 is 1.82 bits per heavy atom. The van der Waals surface area contributed by atoms with Crippen LogP contribution in [-0.2, 0) is 14.4 Å². The van der Waals surface area contributed by atoms with Crippen LogP contribution in [0.25, 0.3) is 0 Å². The van der Waals surface area contributed by atoms with Gasteiger partial charge < -0.3 is 9.15 Å². The number of ether oxygens (including phenoxy) is 1. The molecule has 0 N–H and O–H groups in total. The number of alkyl halides is 1. The number of β-lactam (4-membered cyclic amide) rings is 1. The highest BCUT2D eigenvalue weighted by Crippen LogP contribution is 2.56. The maximum atomic E-state index is 13.2. The van der Waals surface area contributed by atoms with Crippen LogP contribution < -0.4 is 4.90 Å². The Morgan fingerprint density at radius 3 is 2.43 bits per heavy atom. The van der Waals surface area contributed by atoms with Crippen LogP contribution in [0.3, 0.4) is 0 Å². The van der Waals surface area contributed by atoms with Crippen molar-refractivity contribution in [1.29, 1.82) is 0 Å². The molecule has 0 unspecified atom stereocenters. The lowest BCUT2D eigenvalue weighted by Crippen LogP contribution is -2.63. The highest BCUT2D eigenvalue weighted by atomic mass is 35.5. The molecule has 3 aromatic rings. The fraction of sp³-hybridized carbons (Fsp3) is 0.182. The van der Waals surface area contributed by atoms with Gasteiger partial charge in [0.05, 0.1) is 18.4 Å². The van der Waals surface area contributed by atoms with Crippen LogP contribution in [0.2, 0.25) is 0 Å². The zero-order valence-electron chi connectivity index (χ0n) is 15.2. The molecule has 4 rings (SSSR count). The molecule has 0 bridgehead atoms. The van der Waals surface area contributed by atoms with Crippen molar-refractivity contribution >= 4 is 29.2 Å². The molecular formula is C22H18ClNO4. The molecule has 0 spiro atoms. The Hall–Kier alpha value is -3.05. The van der Waals surface area contributed by atoms with Crippen molar-refractivity contribution in [3.8, 4) is 0 Å². The molecule has 28 heavy (non-hydrogen) atoms. The van der Waals surface area contributed by atoms with Crippen LogP contribution in [0.5, 0.6) is 0 Å². The molecule has 0 saturated carbocycles. The number of esters is 1. The predicted octanol–water partition coefficient (Wildman–Crippen LogP) is 4.68. The number of hydrogen-bond donors (Lipinski definition) is 0. The number of anilines is 1. The largest absolute Gasteiger partial charge is 0.467 e. The van der Waals surface area contributed by atoms with Gasteiger partial charge in [0.15, 0.2) is 4.87 Å². The molecule has 1 aliphatic rings. The van der Waals surface area contributed by atoms with Gasteiger partial charge in [-0.05, 0) is 48.9 Å². The number of hydrogen-bond acceptors (Lipinski definition) is 4. The highest BCUT2D eigenvalue weighted by molar-refractivity contribution is 6.41. The minimum atomic E-state index is -1.25. The first-order valence-corrected chi connectivity index (χ1v) is 9.34. The van der Waals surface area contributed by atoms with E-state index in [1.807, 2.05) is 30.3 Å². The van der Waals surface area contributed by atoms with Gasteiger partial charge in [0, 0.05) is 5.69 Å². The van der Waals surface area contributed by atoms with Crippen LogP contribution >= 0.6 is 11.6 Å². The van der Waals surface area contributed by atoms with Crippen molar-refractivity contribution in [2.75, 3.05) is 11.5 Å². The predicted molar refractivity (Wildman–Crippen MR) is 105 cm³/mol. The fourth-order valence-corrected chi connectivity index (χ4v) is 3.91. The summed E-state index contributed by atoms with van der Waals surface area (Å²) in [5, 5.41) is 0. The highest BCUT2D eigenvalue weighted by Gasteiger charge is 2.63. The first kappa shape index (κ1) is 18.3. The third kappa shape index (κ3) is 2.79. The first-order chi connectivity index (χ1) is 13.6. The monoisotopic (exact) mass is 395 g/mol. The average molecular weight is 396 g/mol. The molecule has 1 aromatic heterocycles. The second-order valence-electron chi connectivity index (χ2n) is 6.44. The Morgan fingerprint density at radius 1 is 1.11 bits per heavy atom. The number of rotatable bonds is 5. The van der Waals surface area contributed by atoms with E-state index in [4.69, 9.17) is 20.8 Å². The molecule has 1 saturated heterocycles. The normalized spacial score (nSPS) is 21.3. The van der Waals surface area contributed by atoms with Gasteiger partial charge in [-0.15, -0.1) is 11.6 Å². The Bertz CT molecular complexity index is 985. The summed E-state index contributed by atoms with van der Waals surface area (Å²) in [6.45, 7) is 2.06. The number of furan rings is 1. The van der Waals surface area contributed by atoms with E-state index in [1.165, 1.54) is 0 Å². The summed E-state index contributed by atoms with van der Waals surface area (Å²) in [6, 6.07) is 19.0. The van der Waals surface area contributed by atoms with E-state index in [2.05, 4.69) is 0 Å². The molecule has 2 heterocycles. The van der Waals surface area contributed by atoms with Gasteiger partial charge in [0.1, 0.15) is 11.8 Å². The molecule has 2 aromatic carbocycles. The van der Waals surface area contributed by atoms with Crippen molar-refractivity contribution in [2.24, 2.45) is 0 Å². The number of halogens is 1. The third-order valence-electron chi connectivity index (χ3n) is 4.83. The first-order valence-electron chi connectivity index (χ1n) is 8.96. The second-order valence-corrected chi connectivity index (χ2v) is 7.03. The zero-order chi connectivity index (χ0) is 19.7. The Labute approximate surface area is 167 Å². The van der Waals surface area contributed by atoms with Crippen LogP contribution in [0.4, 0.5) is 5.69 Å². The summed E-state index contributed by atoms with van der Waals surface area (Å²) in [4.78, 5) is 25.4. The molecule has 0 radical (unpaired) electrons. The quantitative estimate of drug-likeness (QED) is 0.357. The minimum Gasteiger partial charge on any atom is -0.467 e. The van der Waals surface area contributed by atoms with Gasteiger partial charge in [-0.3, -0.25) is 9.69 Å². The van der Waals surface area contributed by atoms with Crippen molar-refractivity contribution in [3.05, 3.63) is 89.9 Å². The number of benzene rings is 2. The van der Waals surface area contributed by atoms with Crippen LogP contribution in [0, 0.1) is 0 Å². The van der Waals surface area contributed by atoms with Crippen LogP contribution in [0.1, 0.15) is 34.6 Å². The molecule has 0 aliphatic carbocycles. The van der Waals surface area contributed by atoms with E-state index >= 15 is 0 Å². The summed E-state index contributed by atoms with van der Waals surface area (Å²) in [7, 11) is 0. The van der Waals surface area contributed by atoms with Gasteiger partial charge >= 0.3 is 5.97 Å². The SMILES string of the molecule is CCOC(=O)c1ccc(N2C(=O)[C@@](Cl)(c3ccccc3)[C@@H]2c2ccco2)cc1. The lowest BCUT2D eigenvalue weighted by molar-refractivity contribution is -0.129. The molecule has 6 heteroatoms. The van der Waals surface area contributed by atoms with E-state index in [-0.39, 0.29) is 5.91 Å². The van der Waals surface area contributed by atoms with E-state index in [1.54, 1.807) is 54.5 Å². The molecule has 1 fully saturated rings. The summed E-state index contributed by atoms with van der Waals surface area (Å²) >= 11 is 6.88. The molecule has 1 amide bonds. The summed E-state index contributed by atoms with van der Waals surface area (Å²) in [5.41, 5.74) is 1.77. The number of carbonyl (C=O) groups is 2. The van der Waals surface area contributed by atoms with Gasteiger partial charge in [0.2, 0.25) is 0 Å². The lowest BCUT2D eigenvalue weighted by atomic mass is 9.78. The Balaban J connectivity index is 1.71. The minimum absolute atomic E-state index is 0.245. The molecule has 2 atom stereocenters. The number of carbonyl (C=O) groups excluding carboxylic acids is 2. The van der Waals surface area contributed by atoms with E-state index in [0.29, 0.717) is 29.2 Å². The smallest absolute Gasteiger partial charge is 0.338 e. The zero-order valence-corrected chi connectivity index (χ0v) is 15.9. The fourth-order valence-electron chi connectivity index (χ4n) is 3.49. The van der Waals surface area contributed by atoms with Gasteiger partial charge in [-0.25, -0.2) is 4.79 Å². The van der Waals surface area contributed by atoms with Gasteiger partial charge in [0.25, 0.3) is 5.91 Å². The number of nitrogens with zero attached hydrogens (tertiary/aromatic N) is 1. The van der Waals surface area contributed by atoms with Gasteiger partial charge in [-0.1, -0.05) is 30.3 Å². The van der Waals surface area contributed by atoms with Crippen molar-refractivity contribution in [3.63, 3.8) is 0 Å². The Kier molecular flexibility index (Phi) is 4.69. The van der Waals surface area contributed by atoms with Crippen molar-refractivity contribution in [1.82, 2.24) is 0 Å². The second kappa shape index (κ2) is 7.17. The third-order valence-corrected chi connectivity index (χ3v) is 5.41. The number of amides is 1. The van der Waals surface area contributed by atoms with Crippen LogP contribution in [-0.4, -0.2) is 18.5 Å². The topological polar surface area (TPSA) is 59.8 Å². The molecule has 142 valence electrons.